The van der Waals surface area contributed by atoms with Gasteiger partial charge in [0.05, 0.1) is 35.0 Å². The molecule has 0 N–H and O–H groups in total. The van der Waals surface area contributed by atoms with E-state index in [-0.39, 0.29) is 24.1 Å². The van der Waals surface area contributed by atoms with E-state index in [9.17, 15) is 9.59 Å². The number of carbonyl (C=O) groups excluding carboxylic acids is 2. The SMILES string of the molecule is COc1ccc(CN2C(=O)[C@H](C)N(C)C(=O)/C2=C/c2cc(OC)c(OC)c(C)c2OC)cc1. The summed E-state index contributed by atoms with van der Waals surface area (Å²) < 4.78 is 21.8. The predicted octanol–water partition coefficient (Wildman–Crippen LogP) is 3.26. The van der Waals surface area contributed by atoms with Crippen LogP contribution in [0.5, 0.6) is 23.0 Å². The van der Waals surface area contributed by atoms with E-state index in [1.165, 1.54) is 9.80 Å². The number of hydrogen-bond donors (Lipinski definition) is 0. The molecule has 2 amide bonds. The van der Waals surface area contributed by atoms with Gasteiger partial charge in [0.1, 0.15) is 23.2 Å². The first-order chi connectivity index (χ1) is 15.8. The maximum absolute atomic E-state index is 13.3. The van der Waals surface area contributed by atoms with Crippen LogP contribution in [-0.4, -0.2) is 63.1 Å². The largest absolute Gasteiger partial charge is 0.497 e. The number of hydrogen-bond acceptors (Lipinski definition) is 6. The quantitative estimate of drug-likeness (QED) is 0.598. The number of amides is 2. The van der Waals surface area contributed by atoms with Gasteiger partial charge in [-0.15, -0.1) is 0 Å². The first-order valence-corrected chi connectivity index (χ1v) is 10.5. The van der Waals surface area contributed by atoms with Gasteiger partial charge in [-0.25, -0.2) is 0 Å². The fourth-order valence-corrected chi connectivity index (χ4v) is 3.91. The van der Waals surface area contributed by atoms with E-state index in [4.69, 9.17) is 18.9 Å². The van der Waals surface area contributed by atoms with E-state index in [1.807, 2.05) is 31.2 Å². The lowest BCUT2D eigenvalue weighted by Gasteiger charge is -2.38. The summed E-state index contributed by atoms with van der Waals surface area (Å²) in [6, 6.07) is 8.55. The normalized spacial score (nSPS) is 17.4. The monoisotopic (exact) mass is 454 g/mol. The van der Waals surface area contributed by atoms with E-state index in [1.54, 1.807) is 54.6 Å². The van der Waals surface area contributed by atoms with E-state index >= 15 is 0 Å². The minimum atomic E-state index is -0.582. The van der Waals surface area contributed by atoms with Gasteiger partial charge in [0.15, 0.2) is 11.5 Å². The van der Waals surface area contributed by atoms with Crippen molar-refractivity contribution in [1.29, 1.82) is 0 Å². The number of carbonyl (C=O) groups is 2. The molecule has 1 aliphatic rings. The Morgan fingerprint density at radius 3 is 2.12 bits per heavy atom. The predicted molar refractivity (Wildman–Crippen MR) is 125 cm³/mol. The van der Waals surface area contributed by atoms with E-state index in [0.717, 1.165) is 11.1 Å². The Morgan fingerprint density at radius 2 is 1.58 bits per heavy atom. The molecule has 176 valence electrons. The summed E-state index contributed by atoms with van der Waals surface area (Å²) >= 11 is 0. The topological polar surface area (TPSA) is 77.5 Å². The number of likely N-dealkylation sites (N-methyl/N-ethyl adjacent to an activating group) is 1. The first-order valence-electron chi connectivity index (χ1n) is 10.5. The minimum absolute atomic E-state index is 0.171. The summed E-state index contributed by atoms with van der Waals surface area (Å²) in [6.07, 6.45) is 1.67. The molecule has 2 aromatic rings. The molecule has 1 fully saturated rings. The standard InChI is InChI=1S/C25H30N2O6/c1-15-22(32-6)18(13-21(31-5)23(15)33-7)12-20-25(29)26(3)16(2)24(28)27(20)14-17-8-10-19(30-4)11-9-17/h8-13,16H,14H2,1-7H3/b20-12-/t16-/m0/s1. The van der Waals surface area contributed by atoms with Crippen molar-refractivity contribution in [2.75, 3.05) is 35.5 Å². The van der Waals surface area contributed by atoms with Gasteiger partial charge in [0.2, 0.25) is 5.91 Å². The number of piperazine rings is 1. The molecule has 0 spiro atoms. The molecule has 8 nitrogen and oxygen atoms in total. The van der Waals surface area contributed by atoms with Crippen molar-refractivity contribution in [3.05, 3.63) is 52.7 Å². The summed E-state index contributed by atoms with van der Waals surface area (Å²) in [4.78, 5) is 29.5. The fraction of sp³-hybridized carbons (Fsp3) is 0.360. The molecule has 2 aromatic carbocycles. The molecule has 1 aliphatic heterocycles. The summed E-state index contributed by atoms with van der Waals surface area (Å²) in [5.74, 6) is 1.87. The van der Waals surface area contributed by atoms with Crippen molar-refractivity contribution in [2.24, 2.45) is 0 Å². The number of ether oxygens (including phenoxy) is 4. The Balaban J connectivity index is 2.14. The molecular weight excluding hydrogens is 424 g/mol. The van der Waals surface area contributed by atoms with Crippen LogP contribution in [0.3, 0.4) is 0 Å². The van der Waals surface area contributed by atoms with Gasteiger partial charge >= 0.3 is 0 Å². The average Bonchev–Trinajstić information content (AvgIpc) is 2.83. The van der Waals surface area contributed by atoms with Crippen LogP contribution >= 0.6 is 0 Å². The second-order valence-corrected chi connectivity index (χ2v) is 7.75. The molecule has 1 saturated heterocycles. The number of benzene rings is 2. The van der Waals surface area contributed by atoms with Crippen LogP contribution in [0, 0.1) is 6.92 Å². The molecule has 1 atom stereocenters. The van der Waals surface area contributed by atoms with Gasteiger partial charge in [-0.1, -0.05) is 12.1 Å². The molecule has 0 aliphatic carbocycles. The van der Waals surface area contributed by atoms with Crippen LogP contribution in [0.4, 0.5) is 0 Å². The summed E-state index contributed by atoms with van der Waals surface area (Å²) in [6.45, 7) is 3.81. The Labute approximate surface area is 194 Å². The highest BCUT2D eigenvalue weighted by Crippen LogP contribution is 2.41. The molecule has 0 unspecified atom stereocenters. The Morgan fingerprint density at radius 1 is 0.939 bits per heavy atom. The maximum atomic E-state index is 13.3. The summed E-state index contributed by atoms with van der Waals surface area (Å²) in [5, 5.41) is 0. The van der Waals surface area contributed by atoms with E-state index in [2.05, 4.69) is 0 Å². The van der Waals surface area contributed by atoms with Crippen molar-refractivity contribution >= 4 is 17.9 Å². The average molecular weight is 455 g/mol. The summed E-state index contributed by atoms with van der Waals surface area (Å²) in [7, 11) is 7.87. The molecule has 3 rings (SSSR count). The van der Waals surface area contributed by atoms with Crippen LogP contribution < -0.4 is 18.9 Å². The lowest BCUT2D eigenvalue weighted by Crippen LogP contribution is -2.55. The third-order valence-corrected chi connectivity index (χ3v) is 5.91. The molecule has 0 aromatic heterocycles. The van der Waals surface area contributed by atoms with Crippen molar-refractivity contribution < 1.29 is 28.5 Å². The molecule has 33 heavy (non-hydrogen) atoms. The third-order valence-electron chi connectivity index (χ3n) is 5.91. The van der Waals surface area contributed by atoms with Crippen LogP contribution in [0.2, 0.25) is 0 Å². The van der Waals surface area contributed by atoms with Crippen LogP contribution in [0.25, 0.3) is 6.08 Å². The maximum Gasteiger partial charge on any atom is 0.271 e. The second kappa shape index (κ2) is 9.85. The highest BCUT2D eigenvalue weighted by atomic mass is 16.5. The molecule has 0 bridgehead atoms. The van der Waals surface area contributed by atoms with Crippen molar-refractivity contribution in [3.8, 4) is 23.0 Å². The van der Waals surface area contributed by atoms with Gasteiger partial charge in [-0.2, -0.15) is 0 Å². The first kappa shape index (κ1) is 24.0. The molecule has 0 saturated carbocycles. The fourth-order valence-electron chi connectivity index (χ4n) is 3.91. The zero-order valence-electron chi connectivity index (χ0n) is 20.1. The summed E-state index contributed by atoms with van der Waals surface area (Å²) in [5.41, 5.74) is 2.45. The van der Waals surface area contributed by atoms with Crippen molar-refractivity contribution in [3.63, 3.8) is 0 Å². The van der Waals surface area contributed by atoms with Gasteiger partial charge in [0.25, 0.3) is 5.91 Å². The van der Waals surface area contributed by atoms with Crippen LogP contribution in [0.1, 0.15) is 23.6 Å². The number of rotatable bonds is 7. The van der Waals surface area contributed by atoms with Crippen molar-refractivity contribution in [1.82, 2.24) is 9.80 Å². The molecular formula is C25H30N2O6. The minimum Gasteiger partial charge on any atom is -0.497 e. The highest BCUT2D eigenvalue weighted by Gasteiger charge is 2.38. The van der Waals surface area contributed by atoms with Gasteiger partial charge in [-0.3, -0.25) is 9.59 Å². The number of methoxy groups -OCH3 is 4. The molecule has 1 heterocycles. The van der Waals surface area contributed by atoms with E-state index in [0.29, 0.717) is 28.6 Å². The second-order valence-electron chi connectivity index (χ2n) is 7.75. The lowest BCUT2D eigenvalue weighted by molar-refractivity contribution is -0.149. The van der Waals surface area contributed by atoms with Crippen molar-refractivity contribution in [2.45, 2.75) is 26.4 Å². The van der Waals surface area contributed by atoms with E-state index < -0.39 is 6.04 Å². The lowest BCUT2D eigenvalue weighted by atomic mass is 10.0. The van der Waals surface area contributed by atoms with Crippen LogP contribution in [-0.2, 0) is 16.1 Å². The Kier molecular flexibility index (Phi) is 7.16. The molecule has 0 radical (unpaired) electrons. The highest BCUT2D eigenvalue weighted by molar-refractivity contribution is 6.07. The number of nitrogens with zero attached hydrogens (tertiary/aromatic N) is 2. The zero-order valence-corrected chi connectivity index (χ0v) is 20.1. The Hall–Kier alpha value is -3.68. The smallest absolute Gasteiger partial charge is 0.271 e. The van der Waals surface area contributed by atoms with Gasteiger partial charge < -0.3 is 28.7 Å². The zero-order chi connectivity index (χ0) is 24.3. The molecule has 8 heteroatoms. The van der Waals surface area contributed by atoms with Gasteiger partial charge in [-0.05, 0) is 43.7 Å². The van der Waals surface area contributed by atoms with Crippen LogP contribution in [0.15, 0.2) is 36.0 Å². The Bertz CT molecular complexity index is 1080. The van der Waals surface area contributed by atoms with Gasteiger partial charge in [0, 0.05) is 18.2 Å². The third kappa shape index (κ3) is 4.46.